The van der Waals surface area contributed by atoms with Crippen LogP contribution in [-0.4, -0.2) is 24.5 Å². The molecule has 1 amide bonds. The predicted octanol–water partition coefficient (Wildman–Crippen LogP) is 0.833. The zero-order valence-corrected chi connectivity index (χ0v) is 11.3. The Morgan fingerprint density at radius 3 is 2.63 bits per heavy atom. The average Bonchev–Trinajstić information content (AvgIpc) is 2.44. The molecular weight excluding hydrogens is 242 g/mol. The summed E-state index contributed by atoms with van der Waals surface area (Å²) in [5, 5.41) is 5.79. The number of para-hydroxylation sites is 1. The standard InChI is InChI=1S/C13H21N5O/c1-3-9-15-12(19)10(2)16-13(18-14)17-11-7-5-4-6-8-11/h4-8,10H,3,9,14H2,1-2H3,(H,15,19)(H2,16,17,18). The number of anilines is 1. The highest BCUT2D eigenvalue weighted by Crippen LogP contribution is 2.04. The summed E-state index contributed by atoms with van der Waals surface area (Å²) in [7, 11) is 0. The number of benzene rings is 1. The zero-order chi connectivity index (χ0) is 14.1. The Bertz CT molecular complexity index is 418. The number of rotatable bonds is 5. The highest BCUT2D eigenvalue weighted by atomic mass is 16.2. The Labute approximate surface area is 113 Å². The van der Waals surface area contributed by atoms with Gasteiger partial charge in [0.1, 0.15) is 6.04 Å². The lowest BCUT2D eigenvalue weighted by Crippen LogP contribution is -2.40. The lowest BCUT2D eigenvalue weighted by atomic mass is 10.3. The molecule has 0 aliphatic carbocycles. The van der Waals surface area contributed by atoms with Gasteiger partial charge in [-0.15, -0.1) is 0 Å². The molecule has 0 radical (unpaired) electrons. The maximum atomic E-state index is 11.7. The molecule has 1 rings (SSSR count). The molecular formula is C13H21N5O. The molecule has 6 heteroatoms. The Hall–Kier alpha value is -2.08. The van der Waals surface area contributed by atoms with E-state index < -0.39 is 6.04 Å². The summed E-state index contributed by atoms with van der Waals surface area (Å²) in [6, 6.07) is 8.97. The molecule has 104 valence electrons. The molecule has 6 nitrogen and oxygen atoms in total. The van der Waals surface area contributed by atoms with Crippen LogP contribution >= 0.6 is 0 Å². The molecule has 0 saturated heterocycles. The van der Waals surface area contributed by atoms with Gasteiger partial charge in [0.25, 0.3) is 0 Å². The van der Waals surface area contributed by atoms with E-state index in [1.54, 1.807) is 6.92 Å². The number of hydrazine groups is 1. The number of hydrogen-bond acceptors (Lipinski definition) is 3. The minimum Gasteiger partial charge on any atom is -0.354 e. The van der Waals surface area contributed by atoms with Crippen LogP contribution in [0.2, 0.25) is 0 Å². The number of nitrogens with zero attached hydrogens (tertiary/aromatic N) is 1. The molecule has 0 heterocycles. The predicted molar refractivity (Wildman–Crippen MR) is 77.6 cm³/mol. The summed E-state index contributed by atoms with van der Waals surface area (Å²) in [6.45, 7) is 4.36. The number of carbonyl (C=O) groups is 1. The molecule has 1 aromatic carbocycles. The second-order valence-corrected chi connectivity index (χ2v) is 4.08. The number of nitrogens with two attached hydrogens (primary N) is 1. The first kappa shape index (κ1) is 15.0. The van der Waals surface area contributed by atoms with Crippen LogP contribution in [0.25, 0.3) is 0 Å². The minimum absolute atomic E-state index is 0.121. The summed E-state index contributed by atoms with van der Waals surface area (Å²) < 4.78 is 0. The van der Waals surface area contributed by atoms with Gasteiger partial charge in [-0.2, -0.15) is 0 Å². The monoisotopic (exact) mass is 263 g/mol. The molecule has 1 aromatic rings. The number of guanidine groups is 1. The highest BCUT2D eigenvalue weighted by molar-refractivity contribution is 5.95. The number of amides is 1. The molecule has 0 aromatic heterocycles. The van der Waals surface area contributed by atoms with Crippen molar-refractivity contribution in [3.8, 4) is 0 Å². The molecule has 0 aliphatic heterocycles. The fourth-order valence-electron chi connectivity index (χ4n) is 1.41. The minimum atomic E-state index is -0.506. The molecule has 1 atom stereocenters. The molecule has 0 aliphatic rings. The molecule has 0 bridgehead atoms. The van der Waals surface area contributed by atoms with Crippen LogP contribution in [0, 0.1) is 0 Å². The molecule has 19 heavy (non-hydrogen) atoms. The zero-order valence-electron chi connectivity index (χ0n) is 11.3. The smallest absolute Gasteiger partial charge is 0.244 e. The van der Waals surface area contributed by atoms with Crippen LogP contribution < -0.4 is 21.9 Å². The van der Waals surface area contributed by atoms with Crippen LogP contribution in [0.4, 0.5) is 5.69 Å². The number of hydrogen-bond donors (Lipinski definition) is 4. The van der Waals surface area contributed by atoms with Crippen LogP contribution in [-0.2, 0) is 4.79 Å². The fourth-order valence-corrected chi connectivity index (χ4v) is 1.41. The topological polar surface area (TPSA) is 91.5 Å². The Kier molecular flexibility index (Phi) is 6.38. The first-order valence-corrected chi connectivity index (χ1v) is 6.31. The van der Waals surface area contributed by atoms with E-state index in [4.69, 9.17) is 5.84 Å². The molecule has 0 fully saturated rings. The summed E-state index contributed by atoms with van der Waals surface area (Å²) >= 11 is 0. The van der Waals surface area contributed by atoms with Crippen molar-refractivity contribution in [2.75, 3.05) is 11.9 Å². The SMILES string of the molecule is CCCNC(=O)C(C)N=C(NN)Nc1ccccc1. The number of aliphatic imine (C=N–C) groups is 1. The van der Waals surface area contributed by atoms with Gasteiger partial charge in [-0.25, -0.2) is 10.8 Å². The van der Waals surface area contributed by atoms with Crippen molar-refractivity contribution in [2.45, 2.75) is 26.3 Å². The molecule has 0 saturated carbocycles. The summed E-state index contributed by atoms with van der Waals surface area (Å²) in [5.41, 5.74) is 3.30. The maximum absolute atomic E-state index is 11.7. The fraction of sp³-hybridized carbons (Fsp3) is 0.385. The van der Waals surface area contributed by atoms with Crippen molar-refractivity contribution < 1.29 is 4.79 Å². The summed E-state index contributed by atoms with van der Waals surface area (Å²) in [4.78, 5) is 15.9. The van der Waals surface area contributed by atoms with E-state index in [0.717, 1.165) is 12.1 Å². The Morgan fingerprint density at radius 2 is 2.05 bits per heavy atom. The van der Waals surface area contributed by atoms with E-state index in [2.05, 4.69) is 21.1 Å². The van der Waals surface area contributed by atoms with Crippen LogP contribution in [0.3, 0.4) is 0 Å². The highest BCUT2D eigenvalue weighted by Gasteiger charge is 2.11. The van der Waals surface area contributed by atoms with E-state index in [0.29, 0.717) is 12.5 Å². The van der Waals surface area contributed by atoms with Gasteiger partial charge in [-0.05, 0) is 25.5 Å². The average molecular weight is 263 g/mol. The molecule has 0 spiro atoms. The summed E-state index contributed by atoms with van der Waals surface area (Å²) in [6.07, 6.45) is 0.895. The van der Waals surface area contributed by atoms with Crippen molar-refractivity contribution >= 4 is 17.6 Å². The summed E-state index contributed by atoms with van der Waals surface area (Å²) in [5.74, 6) is 5.63. The number of nitrogens with one attached hydrogen (secondary N) is 3. The van der Waals surface area contributed by atoms with Crippen molar-refractivity contribution in [1.29, 1.82) is 0 Å². The van der Waals surface area contributed by atoms with Gasteiger partial charge in [0.2, 0.25) is 11.9 Å². The Morgan fingerprint density at radius 1 is 1.37 bits per heavy atom. The van der Waals surface area contributed by atoms with Gasteiger partial charge in [0.05, 0.1) is 0 Å². The van der Waals surface area contributed by atoms with E-state index in [1.165, 1.54) is 0 Å². The second kappa shape index (κ2) is 8.10. The van der Waals surface area contributed by atoms with Crippen LogP contribution in [0.15, 0.2) is 35.3 Å². The van der Waals surface area contributed by atoms with Gasteiger partial charge in [0, 0.05) is 12.2 Å². The first-order chi connectivity index (χ1) is 9.17. The third kappa shape index (κ3) is 5.39. The van der Waals surface area contributed by atoms with Crippen LogP contribution in [0.5, 0.6) is 0 Å². The normalized spacial score (nSPS) is 12.7. The van der Waals surface area contributed by atoms with E-state index in [-0.39, 0.29) is 5.91 Å². The second-order valence-electron chi connectivity index (χ2n) is 4.08. The quantitative estimate of drug-likeness (QED) is 0.274. The van der Waals surface area contributed by atoms with Crippen LogP contribution in [0.1, 0.15) is 20.3 Å². The third-order valence-electron chi connectivity index (χ3n) is 2.42. The van der Waals surface area contributed by atoms with Crippen molar-refractivity contribution in [1.82, 2.24) is 10.7 Å². The lowest BCUT2D eigenvalue weighted by Gasteiger charge is -2.12. The van der Waals surface area contributed by atoms with E-state index in [1.807, 2.05) is 37.3 Å². The van der Waals surface area contributed by atoms with Gasteiger partial charge >= 0.3 is 0 Å². The third-order valence-corrected chi connectivity index (χ3v) is 2.42. The number of carbonyl (C=O) groups excluding carboxylic acids is 1. The van der Waals surface area contributed by atoms with Crippen molar-refractivity contribution in [3.05, 3.63) is 30.3 Å². The van der Waals surface area contributed by atoms with Gasteiger partial charge in [0.15, 0.2) is 0 Å². The maximum Gasteiger partial charge on any atom is 0.244 e. The molecule has 5 N–H and O–H groups in total. The van der Waals surface area contributed by atoms with E-state index >= 15 is 0 Å². The van der Waals surface area contributed by atoms with Crippen molar-refractivity contribution in [3.63, 3.8) is 0 Å². The van der Waals surface area contributed by atoms with Crippen molar-refractivity contribution in [2.24, 2.45) is 10.8 Å². The Balaban J connectivity index is 2.63. The van der Waals surface area contributed by atoms with Gasteiger partial charge < -0.3 is 10.6 Å². The molecule has 1 unspecified atom stereocenters. The van der Waals surface area contributed by atoms with Gasteiger partial charge in [-0.1, -0.05) is 25.1 Å². The first-order valence-electron chi connectivity index (χ1n) is 6.31. The van der Waals surface area contributed by atoms with Gasteiger partial charge in [-0.3, -0.25) is 10.2 Å². The lowest BCUT2D eigenvalue weighted by molar-refractivity contribution is -0.121. The van der Waals surface area contributed by atoms with E-state index in [9.17, 15) is 4.79 Å². The largest absolute Gasteiger partial charge is 0.354 e.